The summed E-state index contributed by atoms with van der Waals surface area (Å²) in [7, 11) is 0. The molecule has 10 heavy (non-hydrogen) atoms. The maximum absolute atomic E-state index is 10.5. The van der Waals surface area contributed by atoms with E-state index in [1.165, 1.54) is 0 Å². The molecule has 0 aromatic heterocycles. The third kappa shape index (κ3) is 1.28. The normalized spacial score (nSPS) is 27.2. The van der Waals surface area contributed by atoms with Gasteiger partial charge in [0.25, 0.3) is 0 Å². The van der Waals surface area contributed by atoms with Gasteiger partial charge in [0.05, 0.1) is 0 Å². The molecule has 3 heteroatoms. The molecule has 1 fully saturated rings. The molecule has 1 aliphatic heterocycles. The van der Waals surface area contributed by atoms with Crippen LogP contribution >= 0.6 is 0 Å². The Morgan fingerprint density at radius 2 is 2.60 bits per heavy atom. The Balaban J connectivity index is 2.46. The van der Waals surface area contributed by atoms with E-state index >= 15 is 0 Å². The van der Waals surface area contributed by atoms with Crippen LogP contribution in [0.1, 0.15) is 12.8 Å². The van der Waals surface area contributed by atoms with Crippen LogP contribution < -0.4 is 0 Å². The number of aliphatic hydroxyl groups excluding tert-OH is 1. The lowest BCUT2D eigenvalue weighted by atomic mass is 10.1. The third-order valence-electron chi connectivity index (χ3n) is 1.44. The van der Waals surface area contributed by atoms with Crippen LogP contribution in [0.2, 0.25) is 0 Å². The van der Waals surface area contributed by atoms with Crippen molar-refractivity contribution in [1.29, 1.82) is 0 Å². The number of esters is 1. The molecule has 0 amide bonds. The van der Waals surface area contributed by atoms with Gasteiger partial charge in [-0.3, -0.25) is 4.79 Å². The standard InChI is InChI=1S/C7H8O3/c1-2-5(8)6-3-4-7(9)10-6/h1,5-6,8H,3-4H2/t5-,6+/m1/s1. The van der Waals surface area contributed by atoms with E-state index in [4.69, 9.17) is 11.5 Å². The smallest absolute Gasteiger partial charge is 0.306 e. The SMILES string of the molecule is C#C[C@@H](O)[C@@H]1CCC(=O)O1. The van der Waals surface area contributed by atoms with Crippen molar-refractivity contribution in [2.24, 2.45) is 0 Å². The van der Waals surface area contributed by atoms with E-state index in [1.807, 2.05) is 0 Å². The number of carbonyl (C=O) groups is 1. The van der Waals surface area contributed by atoms with Crippen molar-refractivity contribution in [3.05, 3.63) is 0 Å². The minimum Gasteiger partial charge on any atom is -0.459 e. The predicted octanol–water partition coefficient (Wildman–Crippen LogP) is -0.314. The summed E-state index contributed by atoms with van der Waals surface area (Å²) >= 11 is 0. The molecule has 1 saturated heterocycles. The lowest BCUT2D eigenvalue weighted by Crippen LogP contribution is -2.23. The zero-order valence-electron chi connectivity index (χ0n) is 5.41. The highest BCUT2D eigenvalue weighted by Crippen LogP contribution is 2.16. The van der Waals surface area contributed by atoms with Crippen LogP contribution in [0.15, 0.2) is 0 Å². The summed E-state index contributed by atoms with van der Waals surface area (Å²) in [5, 5.41) is 8.96. The zero-order chi connectivity index (χ0) is 7.56. The van der Waals surface area contributed by atoms with Crippen molar-refractivity contribution >= 4 is 5.97 Å². The Labute approximate surface area is 59.0 Å². The van der Waals surface area contributed by atoms with Gasteiger partial charge in [-0.05, 0) is 6.42 Å². The van der Waals surface area contributed by atoms with Gasteiger partial charge in [0.2, 0.25) is 0 Å². The molecule has 0 aliphatic carbocycles. The minimum absolute atomic E-state index is 0.278. The molecular formula is C7H8O3. The quantitative estimate of drug-likeness (QED) is 0.401. The van der Waals surface area contributed by atoms with E-state index in [9.17, 15) is 4.79 Å². The fraction of sp³-hybridized carbons (Fsp3) is 0.571. The van der Waals surface area contributed by atoms with Crippen LogP contribution in [0.5, 0.6) is 0 Å². The Morgan fingerprint density at radius 3 is 3.00 bits per heavy atom. The highest BCUT2D eigenvalue weighted by atomic mass is 16.6. The average molecular weight is 140 g/mol. The maximum atomic E-state index is 10.5. The highest BCUT2D eigenvalue weighted by molar-refractivity contribution is 5.71. The molecule has 54 valence electrons. The number of terminal acetylenes is 1. The Kier molecular flexibility index (Phi) is 1.93. The second kappa shape index (κ2) is 2.72. The summed E-state index contributed by atoms with van der Waals surface area (Å²) in [6.07, 6.45) is 4.39. The largest absolute Gasteiger partial charge is 0.459 e. The van der Waals surface area contributed by atoms with Crippen LogP contribution in [0, 0.1) is 12.3 Å². The molecule has 0 bridgehead atoms. The molecule has 0 spiro atoms. The number of aliphatic hydroxyl groups is 1. The first-order valence-corrected chi connectivity index (χ1v) is 3.07. The summed E-state index contributed by atoms with van der Waals surface area (Å²) in [6, 6.07) is 0. The summed E-state index contributed by atoms with van der Waals surface area (Å²) in [5.74, 6) is 1.83. The van der Waals surface area contributed by atoms with Crippen LogP contribution in [0.3, 0.4) is 0 Å². The van der Waals surface area contributed by atoms with E-state index in [0.29, 0.717) is 12.8 Å². The van der Waals surface area contributed by atoms with Crippen molar-refractivity contribution in [3.63, 3.8) is 0 Å². The Morgan fingerprint density at radius 1 is 1.90 bits per heavy atom. The van der Waals surface area contributed by atoms with Crippen molar-refractivity contribution in [3.8, 4) is 12.3 Å². The second-order valence-corrected chi connectivity index (χ2v) is 2.18. The summed E-state index contributed by atoms with van der Waals surface area (Å²) in [4.78, 5) is 10.5. The lowest BCUT2D eigenvalue weighted by Gasteiger charge is -2.09. The Hall–Kier alpha value is -1.01. The second-order valence-electron chi connectivity index (χ2n) is 2.18. The molecule has 0 unspecified atom stereocenters. The molecule has 0 radical (unpaired) electrons. The summed E-state index contributed by atoms with van der Waals surface area (Å²) in [6.45, 7) is 0. The molecule has 0 aromatic rings. The van der Waals surface area contributed by atoms with Crippen molar-refractivity contribution in [1.82, 2.24) is 0 Å². The monoisotopic (exact) mass is 140 g/mol. The van der Waals surface area contributed by atoms with Gasteiger partial charge in [-0.1, -0.05) is 5.92 Å². The van der Waals surface area contributed by atoms with Crippen molar-refractivity contribution in [2.45, 2.75) is 25.0 Å². The molecule has 1 heterocycles. The van der Waals surface area contributed by atoms with Gasteiger partial charge in [0.1, 0.15) is 6.10 Å². The van der Waals surface area contributed by atoms with Crippen molar-refractivity contribution < 1.29 is 14.6 Å². The molecule has 0 saturated carbocycles. The van der Waals surface area contributed by atoms with E-state index in [0.717, 1.165) is 0 Å². The maximum Gasteiger partial charge on any atom is 0.306 e. The third-order valence-corrected chi connectivity index (χ3v) is 1.44. The van der Waals surface area contributed by atoms with Gasteiger partial charge in [-0.25, -0.2) is 0 Å². The Bertz CT molecular complexity index is 180. The molecule has 0 aromatic carbocycles. The van der Waals surface area contributed by atoms with Crippen LogP contribution in [-0.4, -0.2) is 23.3 Å². The van der Waals surface area contributed by atoms with Crippen LogP contribution in [-0.2, 0) is 9.53 Å². The average Bonchev–Trinajstić information content (AvgIpc) is 2.34. The van der Waals surface area contributed by atoms with Gasteiger partial charge >= 0.3 is 5.97 Å². The topological polar surface area (TPSA) is 46.5 Å². The molecule has 1 rings (SSSR count). The molecule has 1 N–H and O–H groups in total. The molecule has 2 atom stereocenters. The molecule has 3 nitrogen and oxygen atoms in total. The number of cyclic esters (lactones) is 1. The number of carbonyl (C=O) groups excluding carboxylic acids is 1. The summed E-state index contributed by atoms with van der Waals surface area (Å²) in [5.41, 5.74) is 0. The highest BCUT2D eigenvalue weighted by Gasteiger charge is 2.28. The fourth-order valence-corrected chi connectivity index (χ4v) is 0.876. The van der Waals surface area contributed by atoms with Gasteiger partial charge in [-0.15, -0.1) is 6.42 Å². The first-order chi connectivity index (χ1) is 4.74. The van der Waals surface area contributed by atoms with Gasteiger partial charge in [0.15, 0.2) is 6.10 Å². The minimum atomic E-state index is -0.938. The number of hydrogen-bond donors (Lipinski definition) is 1. The van der Waals surface area contributed by atoms with Gasteiger partial charge in [0, 0.05) is 6.42 Å². The van der Waals surface area contributed by atoms with Crippen LogP contribution in [0.4, 0.5) is 0 Å². The lowest BCUT2D eigenvalue weighted by molar-refractivity contribution is -0.143. The van der Waals surface area contributed by atoms with E-state index in [1.54, 1.807) is 0 Å². The van der Waals surface area contributed by atoms with Gasteiger partial charge in [-0.2, -0.15) is 0 Å². The number of rotatable bonds is 1. The predicted molar refractivity (Wildman–Crippen MR) is 34.0 cm³/mol. The van der Waals surface area contributed by atoms with E-state index in [2.05, 4.69) is 10.7 Å². The van der Waals surface area contributed by atoms with E-state index in [-0.39, 0.29) is 5.97 Å². The van der Waals surface area contributed by atoms with Gasteiger partial charge < -0.3 is 9.84 Å². The molecular weight excluding hydrogens is 132 g/mol. The first-order valence-electron chi connectivity index (χ1n) is 3.07. The fourth-order valence-electron chi connectivity index (χ4n) is 0.876. The first kappa shape index (κ1) is 7.10. The number of hydrogen-bond acceptors (Lipinski definition) is 3. The van der Waals surface area contributed by atoms with E-state index < -0.39 is 12.2 Å². The van der Waals surface area contributed by atoms with Crippen molar-refractivity contribution in [2.75, 3.05) is 0 Å². The summed E-state index contributed by atoms with van der Waals surface area (Å²) < 4.78 is 4.68. The van der Waals surface area contributed by atoms with Crippen LogP contribution in [0.25, 0.3) is 0 Å². The number of ether oxygens (including phenoxy) is 1. The molecule has 1 aliphatic rings. The zero-order valence-corrected chi connectivity index (χ0v) is 5.41.